The third-order valence-electron chi connectivity index (χ3n) is 4.99. The molecule has 32 heavy (non-hydrogen) atoms. The molecule has 4 rings (SSSR count). The lowest BCUT2D eigenvalue weighted by molar-refractivity contribution is -0.142. The van der Waals surface area contributed by atoms with Crippen LogP contribution in [0.4, 0.5) is 13.2 Å². The highest BCUT2D eigenvalue weighted by Gasteiger charge is 2.31. The summed E-state index contributed by atoms with van der Waals surface area (Å²) in [6.07, 6.45) is -4.39. The van der Waals surface area contributed by atoms with Crippen molar-refractivity contribution in [2.75, 3.05) is 11.6 Å². The first-order valence-corrected chi connectivity index (χ1v) is 10.8. The molecule has 1 unspecified atom stereocenters. The van der Waals surface area contributed by atoms with E-state index in [4.69, 9.17) is 9.26 Å². The van der Waals surface area contributed by atoms with Gasteiger partial charge in [0.15, 0.2) is 5.76 Å². The van der Waals surface area contributed by atoms with E-state index in [2.05, 4.69) is 5.16 Å². The number of hydrogen-bond acceptors (Lipinski definition) is 6. The minimum absolute atomic E-state index is 0.0917. The highest BCUT2D eigenvalue weighted by atomic mass is 32.2. The van der Waals surface area contributed by atoms with Gasteiger partial charge in [0.1, 0.15) is 24.1 Å². The molecule has 0 saturated carbocycles. The molecule has 6 nitrogen and oxygen atoms in total. The van der Waals surface area contributed by atoms with Crippen LogP contribution in [0, 0.1) is 0 Å². The van der Waals surface area contributed by atoms with Gasteiger partial charge in [0.05, 0.1) is 5.56 Å². The number of aromatic nitrogens is 1. The summed E-state index contributed by atoms with van der Waals surface area (Å²) in [4.78, 5) is 13.2. The first-order chi connectivity index (χ1) is 15.3. The second-order valence-corrected chi connectivity index (χ2v) is 8.29. The Kier molecular flexibility index (Phi) is 6.43. The fraction of sp³-hybridized carbons (Fsp3) is 0.273. The molecule has 1 fully saturated rings. The zero-order chi connectivity index (χ0) is 22.7. The monoisotopic (exact) mass is 464 g/mol. The number of carboxylic acids is 1. The van der Waals surface area contributed by atoms with E-state index < -0.39 is 23.8 Å². The average molecular weight is 464 g/mol. The minimum Gasteiger partial charge on any atom is -0.486 e. The lowest BCUT2D eigenvalue weighted by atomic mass is 10.1. The van der Waals surface area contributed by atoms with E-state index in [1.165, 1.54) is 12.1 Å². The largest absolute Gasteiger partial charge is 0.486 e. The molecule has 3 aromatic rings. The first kappa shape index (κ1) is 22.2. The van der Waals surface area contributed by atoms with E-state index in [0.29, 0.717) is 40.9 Å². The summed E-state index contributed by atoms with van der Waals surface area (Å²) in [6.45, 7) is 0.593. The Balaban J connectivity index is 1.37. The predicted octanol–water partition coefficient (Wildman–Crippen LogP) is 4.90. The fourth-order valence-corrected chi connectivity index (χ4v) is 4.52. The topological polar surface area (TPSA) is 75.8 Å². The van der Waals surface area contributed by atoms with Crippen molar-refractivity contribution < 1.29 is 32.3 Å². The molecule has 0 spiro atoms. The van der Waals surface area contributed by atoms with Crippen LogP contribution < -0.4 is 4.74 Å². The molecule has 10 heteroatoms. The Morgan fingerprint density at radius 1 is 1.22 bits per heavy atom. The average Bonchev–Trinajstić information content (AvgIpc) is 3.42. The molecule has 2 aromatic carbocycles. The SMILES string of the molecule is O=C(O)C1CSCN1Cc1cccc(OCc2cc(-c3ccc(C(F)(F)F)cc3)no2)c1. The summed E-state index contributed by atoms with van der Waals surface area (Å²) in [5.41, 5.74) is 1.12. The summed E-state index contributed by atoms with van der Waals surface area (Å²) in [7, 11) is 0. The third kappa shape index (κ3) is 5.25. The summed E-state index contributed by atoms with van der Waals surface area (Å²) in [6, 6.07) is 13.2. The number of alkyl halides is 3. The molecular formula is C22H19F3N2O4S. The molecule has 1 aliphatic rings. The Labute approximate surface area is 186 Å². The maximum Gasteiger partial charge on any atom is 0.416 e. The second-order valence-electron chi connectivity index (χ2n) is 7.29. The quantitative estimate of drug-likeness (QED) is 0.533. The van der Waals surface area contributed by atoms with E-state index in [-0.39, 0.29) is 6.61 Å². The summed E-state index contributed by atoms with van der Waals surface area (Å²) < 4.78 is 49.1. The van der Waals surface area contributed by atoms with E-state index >= 15 is 0 Å². The predicted molar refractivity (Wildman–Crippen MR) is 112 cm³/mol. The number of rotatable bonds is 7. The van der Waals surface area contributed by atoms with Crippen molar-refractivity contribution in [1.29, 1.82) is 0 Å². The van der Waals surface area contributed by atoms with Crippen LogP contribution in [0.15, 0.2) is 59.1 Å². The van der Waals surface area contributed by atoms with Gasteiger partial charge in [0.2, 0.25) is 0 Å². The van der Waals surface area contributed by atoms with Crippen LogP contribution in [0.2, 0.25) is 0 Å². The third-order valence-corrected chi connectivity index (χ3v) is 6.06. The number of benzene rings is 2. The Bertz CT molecular complexity index is 1090. The van der Waals surface area contributed by atoms with Crippen LogP contribution in [-0.2, 0) is 24.1 Å². The maximum absolute atomic E-state index is 12.7. The van der Waals surface area contributed by atoms with Gasteiger partial charge in [0, 0.05) is 29.8 Å². The number of halogens is 3. The van der Waals surface area contributed by atoms with Gasteiger partial charge in [0.25, 0.3) is 0 Å². The standard InChI is InChI=1S/C22H19F3N2O4S/c23-22(24,25)16-6-4-15(5-7-16)19-9-18(31-26-19)11-30-17-3-1-2-14(8-17)10-27-13-32-12-20(27)21(28)29/h1-9,20H,10-13H2,(H,28,29). The van der Waals surface area contributed by atoms with Crippen LogP contribution in [0.3, 0.4) is 0 Å². The van der Waals surface area contributed by atoms with Crippen LogP contribution in [-0.4, -0.2) is 38.8 Å². The van der Waals surface area contributed by atoms with Gasteiger partial charge in [-0.1, -0.05) is 29.4 Å². The number of ether oxygens (including phenoxy) is 1. The van der Waals surface area contributed by atoms with Crippen molar-refractivity contribution >= 4 is 17.7 Å². The maximum atomic E-state index is 12.7. The van der Waals surface area contributed by atoms with E-state index in [9.17, 15) is 23.1 Å². The van der Waals surface area contributed by atoms with E-state index in [1.54, 1.807) is 23.9 Å². The van der Waals surface area contributed by atoms with Crippen molar-refractivity contribution in [1.82, 2.24) is 10.1 Å². The lowest BCUT2D eigenvalue weighted by Gasteiger charge is -2.20. The van der Waals surface area contributed by atoms with E-state index in [1.807, 2.05) is 23.1 Å². The van der Waals surface area contributed by atoms with Crippen molar-refractivity contribution in [2.24, 2.45) is 0 Å². The highest BCUT2D eigenvalue weighted by Crippen LogP contribution is 2.31. The van der Waals surface area contributed by atoms with Gasteiger partial charge >= 0.3 is 12.1 Å². The molecular weight excluding hydrogens is 445 g/mol. The molecule has 0 bridgehead atoms. The molecule has 1 atom stereocenters. The molecule has 0 amide bonds. The normalized spacial score (nSPS) is 16.9. The summed E-state index contributed by atoms with van der Waals surface area (Å²) >= 11 is 1.59. The number of aliphatic carboxylic acids is 1. The Hall–Kier alpha value is -2.98. The molecule has 1 aromatic heterocycles. The zero-order valence-corrected chi connectivity index (χ0v) is 17.5. The minimum atomic E-state index is -4.39. The van der Waals surface area contributed by atoms with Gasteiger partial charge in [-0.05, 0) is 29.8 Å². The van der Waals surface area contributed by atoms with Crippen molar-refractivity contribution in [2.45, 2.75) is 25.4 Å². The van der Waals surface area contributed by atoms with E-state index in [0.717, 1.165) is 17.7 Å². The van der Waals surface area contributed by atoms with Crippen molar-refractivity contribution in [3.63, 3.8) is 0 Å². The number of thioether (sulfide) groups is 1. The fourth-order valence-electron chi connectivity index (χ4n) is 3.33. The van der Waals surface area contributed by atoms with Gasteiger partial charge in [-0.3, -0.25) is 9.69 Å². The van der Waals surface area contributed by atoms with Gasteiger partial charge < -0.3 is 14.4 Å². The van der Waals surface area contributed by atoms with Crippen LogP contribution >= 0.6 is 11.8 Å². The molecule has 1 N–H and O–H groups in total. The molecule has 1 saturated heterocycles. The number of nitrogens with zero attached hydrogens (tertiary/aromatic N) is 2. The summed E-state index contributed by atoms with van der Waals surface area (Å²) in [5, 5.41) is 13.2. The van der Waals surface area contributed by atoms with Gasteiger partial charge in [-0.2, -0.15) is 13.2 Å². The molecule has 168 valence electrons. The first-order valence-electron chi connectivity index (χ1n) is 9.69. The highest BCUT2D eigenvalue weighted by molar-refractivity contribution is 7.99. The Morgan fingerprint density at radius 2 is 2.00 bits per heavy atom. The molecule has 2 heterocycles. The van der Waals surface area contributed by atoms with Crippen molar-refractivity contribution in [3.05, 3.63) is 71.5 Å². The number of hydrogen-bond donors (Lipinski definition) is 1. The van der Waals surface area contributed by atoms with Crippen LogP contribution in [0.1, 0.15) is 16.9 Å². The van der Waals surface area contributed by atoms with Gasteiger partial charge in [-0.15, -0.1) is 11.8 Å². The zero-order valence-electron chi connectivity index (χ0n) is 16.7. The number of carbonyl (C=O) groups is 1. The van der Waals surface area contributed by atoms with Crippen LogP contribution in [0.5, 0.6) is 5.75 Å². The molecule has 0 radical (unpaired) electrons. The van der Waals surface area contributed by atoms with Crippen molar-refractivity contribution in [3.8, 4) is 17.0 Å². The van der Waals surface area contributed by atoms with Crippen LogP contribution in [0.25, 0.3) is 11.3 Å². The summed E-state index contributed by atoms with van der Waals surface area (Å²) in [5.74, 6) is 1.42. The second kappa shape index (κ2) is 9.25. The smallest absolute Gasteiger partial charge is 0.416 e. The number of carboxylic acid groups (broad SMARTS) is 1. The Morgan fingerprint density at radius 3 is 2.72 bits per heavy atom. The van der Waals surface area contributed by atoms with Gasteiger partial charge in [-0.25, -0.2) is 0 Å². The molecule has 1 aliphatic heterocycles. The lowest BCUT2D eigenvalue weighted by Crippen LogP contribution is -2.37. The molecule has 0 aliphatic carbocycles.